The number of nitrogens with zero attached hydrogens (tertiary/aromatic N) is 1. The maximum Gasteiger partial charge on any atom is 0.258 e. The zero-order chi connectivity index (χ0) is 20.4. The van der Waals surface area contributed by atoms with Gasteiger partial charge in [-0.05, 0) is 49.1 Å². The van der Waals surface area contributed by atoms with Gasteiger partial charge in [-0.1, -0.05) is 36.3 Å². The summed E-state index contributed by atoms with van der Waals surface area (Å²) in [5.41, 5.74) is 3.06. The molecule has 0 atom stereocenters. The minimum atomic E-state index is -3.54. The fourth-order valence-electron chi connectivity index (χ4n) is 2.84. The predicted molar refractivity (Wildman–Crippen MR) is 109 cm³/mol. The first-order valence-electron chi connectivity index (χ1n) is 9.44. The number of benzene rings is 2. The molecule has 1 amide bonds. The van der Waals surface area contributed by atoms with Crippen LogP contribution >= 0.6 is 0 Å². The Morgan fingerprint density at radius 1 is 1.10 bits per heavy atom. The SMILES string of the molecule is CCc1ccc(-c2cc(NC(=O)c3ccc(S(=O)(=O)NC4CC4)cc3)on2)cc1. The van der Waals surface area contributed by atoms with Crippen LogP contribution in [0.15, 0.2) is 64.0 Å². The van der Waals surface area contributed by atoms with Gasteiger partial charge in [0.2, 0.25) is 15.9 Å². The molecule has 1 saturated carbocycles. The smallest absolute Gasteiger partial charge is 0.258 e. The maximum atomic E-state index is 12.4. The quantitative estimate of drug-likeness (QED) is 0.619. The molecule has 1 fully saturated rings. The molecule has 4 rings (SSSR count). The molecule has 2 N–H and O–H groups in total. The zero-order valence-corrected chi connectivity index (χ0v) is 16.7. The molecule has 1 aliphatic carbocycles. The van der Waals surface area contributed by atoms with Gasteiger partial charge in [0.05, 0.1) is 4.90 Å². The Morgan fingerprint density at radius 2 is 1.79 bits per heavy atom. The lowest BCUT2D eigenvalue weighted by molar-refractivity contribution is 0.102. The van der Waals surface area contributed by atoms with Crippen LogP contribution in [0.2, 0.25) is 0 Å². The van der Waals surface area contributed by atoms with Gasteiger partial charge < -0.3 is 4.52 Å². The fourth-order valence-corrected chi connectivity index (χ4v) is 4.14. The second kappa shape index (κ2) is 7.81. The molecule has 29 heavy (non-hydrogen) atoms. The lowest BCUT2D eigenvalue weighted by Gasteiger charge is -2.06. The summed E-state index contributed by atoms with van der Waals surface area (Å²) in [5.74, 6) is -0.190. The van der Waals surface area contributed by atoms with Crippen LogP contribution in [0, 0.1) is 0 Å². The summed E-state index contributed by atoms with van der Waals surface area (Å²) in [5, 5.41) is 6.63. The zero-order valence-electron chi connectivity index (χ0n) is 15.9. The topological polar surface area (TPSA) is 101 Å². The van der Waals surface area contributed by atoms with Gasteiger partial charge in [-0.3, -0.25) is 10.1 Å². The minimum absolute atomic E-state index is 0.0294. The first kappa shape index (κ1) is 19.4. The van der Waals surface area contributed by atoms with Gasteiger partial charge in [-0.15, -0.1) is 0 Å². The third kappa shape index (κ3) is 4.55. The van der Waals surface area contributed by atoms with Crippen molar-refractivity contribution < 1.29 is 17.7 Å². The Kier molecular flexibility index (Phi) is 5.21. The van der Waals surface area contributed by atoms with Crippen LogP contribution in [0.5, 0.6) is 0 Å². The van der Waals surface area contributed by atoms with Gasteiger partial charge in [0.15, 0.2) is 0 Å². The summed E-state index contributed by atoms with van der Waals surface area (Å²) >= 11 is 0. The van der Waals surface area contributed by atoms with E-state index in [1.165, 1.54) is 29.8 Å². The summed E-state index contributed by atoms with van der Waals surface area (Å²) in [6.45, 7) is 2.09. The summed E-state index contributed by atoms with van der Waals surface area (Å²) in [7, 11) is -3.54. The third-order valence-electron chi connectivity index (χ3n) is 4.73. The first-order valence-corrected chi connectivity index (χ1v) is 10.9. The van der Waals surface area contributed by atoms with Crippen LogP contribution in [-0.2, 0) is 16.4 Å². The van der Waals surface area contributed by atoms with E-state index in [1.807, 2.05) is 24.3 Å². The first-order chi connectivity index (χ1) is 13.9. The largest absolute Gasteiger partial charge is 0.338 e. The number of sulfonamides is 1. The van der Waals surface area contributed by atoms with Crippen molar-refractivity contribution in [2.75, 3.05) is 5.32 Å². The number of rotatable bonds is 7. The number of carbonyl (C=O) groups is 1. The highest BCUT2D eigenvalue weighted by atomic mass is 32.2. The van der Waals surface area contributed by atoms with E-state index in [4.69, 9.17) is 4.52 Å². The van der Waals surface area contributed by atoms with Crippen molar-refractivity contribution in [3.63, 3.8) is 0 Å². The lowest BCUT2D eigenvalue weighted by atomic mass is 10.1. The molecular formula is C21H21N3O4S. The Morgan fingerprint density at radius 3 is 2.41 bits per heavy atom. The minimum Gasteiger partial charge on any atom is -0.338 e. The second-order valence-corrected chi connectivity index (χ2v) is 8.71. The molecule has 8 heteroatoms. The average Bonchev–Trinajstić information content (AvgIpc) is 3.41. The van der Waals surface area contributed by atoms with Crippen molar-refractivity contribution in [1.82, 2.24) is 9.88 Å². The van der Waals surface area contributed by atoms with Crippen LogP contribution in [0.1, 0.15) is 35.7 Å². The van der Waals surface area contributed by atoms with Crippen molar-refractivity contribution >= 4 is 21.8 Å². The van der Waals surface area contributed by atoms with Gasteiger partial charge in [-0.2, -0.15) is 0 Å². The molecule has 1 aromatic heterocycles. The van der Waals surface area contributed by atoms with Gasteiger partial charge in [-0.25, -0.2) is 13.1 Å². The number of amides is 1. The second-order valence-electron chi connectivity index (χ2n) is 7.00. The summed E-state index contributed by atoms with van der Waals surface area (Å²) in [6, 6.07) is 15.4. The van der Waals surface area contributed by atoms with Crippen molar-refractivity contribution in [2.45, 2.75) is 37.1 Å². The predicted octanol–water partition coefficient (Wildman–Crippen LogP) is 3.60. The summed E-state index contributed by atoms with van der Waals surface area (Å²) < 4.78 is 32.2. The maximum absolute atomic E-state index is 12.4. The Balaban J connectivity index is 1.43. The molecule has 0 spiro atoms. The van der Waals surface area contributed by atoms with Crippen molar-refractivity contribution in [3.05, 3.63) is 65.7 Å². The lowest BCUT2D eigenvalue weighted by Crippen LogP contribution is -2.25. The van der Waals surface area contributed by atoms with Gasteiger partial charge in [0, 0.05) is 23.2 Å². The average molecular weight is 411 g/mol. The number of aryl methyl sites for hydroxylation is 1. The van der Waals surface area contributed by atoms with Crippen molar-refractivity contribution in [2.24, 2.45) is 0 Å². The van der Waals surface area contributed by atoms with E-state index < -0.39 is 15.9 Å². The third-order valence-corrected chi connectivity index (χ3v) is 6.27. The monoisotopic (exact) mass is 411 g/mol. The van der Waals surface area contributed by atoms with E-state index in [2.05, 4.69) is 22.1 Å². The summed E-state index contributed by atoms with van der Waals surface area (Å²) in [6.07, 6.45) is 2.68. The van der Waals surface area contributed by atoms with Crippen molar-refractivity contribution in [1.29, 1.82) is 0 Å². The van der Waals surface area contributed by atoms with Crippen molar-refractivity contribution in [3.8, 4) is 11.3 Å². The highest BCUT2D eigenvalue weighted by Crippen LogP contribution is 2.24. The number of nitrogens with one attached hydrogen (secondary N) is 2. The highest BCUT2D eigenvalue weighted by Gasteiger charge is 2.28. The number of hydrogen-bond acceptors (Lipinski definition) is 5. The molecule has 1 aliphatic rings. The number of anilines is 1. The van der Waals surface area contributed by atoms with Gasteiger partial charge in [0.1, 0.15) is 5.69 Å². The van der Waals surface area contributed by atoms with Crippen LogP contribution < -0.4 is 10.0 Å². The molecule has 0 saturated heterocycles. The molecule has 0 unspecified atom stereocenters. The Labute approximate surface area is 169 Å². The van der Waals surface area contributed by atoms with E-state index in [0.29, 0.717) is 11.3 Å². The Bertz CT molecular complexity index is 1120. The fraction of sp³-hybridized carbons (Fsp3) is 0.238. The van der Waals surface area contributed by atoms with Gasteiger partial charge in [0.25, 0.3) is 5.91 Å². The van der Waals surface area contributed by atoms with E-state index in [-0.39, 0.29) is 16.8 Å². The normalized spacial score (nSPS) is 14.0. The van der Waals surface area contributed by atoms with Gasteiger partial charge >= 0.3 is 0 Å². The molecule has 7 nitrogen and oxygen atoms in total. The van der Waals surface area contributed by atoms with E-state index in [0.717, 1.165) is 24.8 Å². The summed E-state index contributed by atoms with van der Waals surface area (Å²) in [4.78, 5) is 12.6. The standard InChI is InChI=1S/C21H21N3O4S/c1-2-14-3-5-15(6-4-14)19-13-20(28-23-19)22-21(25)16-7-11-18(12-8-16)29(26,27)24-17-9-10-17/h3-8,11-13,17,24H,2,9-10H2,1H3,(H,22,25). The molecule has 0 bridgehead atoms. The van der Waals surface area contributed by atoms with Crippen LogP contribution in [0.25, 0.3) is 11.3 Å². The number of hydrogen-bond donors (Lipinski definition) is 2. The molecule has 0 aliphatic heterocycles. The molecule has 2 aromatic carbocycles. The molecule has 1 heterocycles. The van der Waals surface area contributed by atoms with Crippen LogP contribution in [0.3, 0.4) is 0 Å². The van der Waals surface area contributed by atoms with E-state index in [1.54, 1.807) is 6.07 Å². The van der Waals surface area contributed by atoms with Crippen LogP contribution in [-0.4, -0.2) is 25.5 Å². The molecule has 0 radical (unpaired) electrons. The molecule has 150 valence electrons. The Hall–Kier alpha value is -2.97. The highest BCUT2D eigenvalue weighted by molar-refractivity contribution is 7.89. The van der Waals surface area contributed by atoms with E-state index >= 15 is 0 Å². The van der Waals surface area contributed by atoms with E-state index in [9.17, 15) is 13.2 Å². The molecule has 3 aromatic rings. The number of aromatic nitrogens is 1. The van der Waals surface area contributed by atoms with Crippen LogP contribution in [0.4, 0.5) is 5.88 Å². The molecular weight excluding hydrogens is 390 g/mol. The number of carbonyl (C=O) groups excluding carboxylic acids is 1.